The molecule has 0 fully saturated rings. The number of rotatable bonds is 4. The first kappa shape index (κ1) is 18.6. The summed E-state index contributed by atoms with van der Waals surface area (Å²) in [6, 6.07) is 12.0. The molecule has 5 rings (SSSR count). The summed E-state index contributed by atoms with van der Waals surface area (Å²) >= 11 is 0. The minimum atomic E-state index is -3.84. The Balaban J connectivity index is 1.54. The number of ketones is 1. The van der Waals surface area contributed by atoms with Crippen molar-refractivity contribution in [3.05, 3.63) is 65.5 Å². The van der Waals surface area contributed by atoms with E-state index in [1.54, 1.807) is 43.3 Å². The Labute approximate surface area is 173 Å². The van der Waals surface area contributed by atoms with Crippen LogP contribution < -0.4 is 4.72 Å². The number of Topliss-reactive ketones (excluding diaryl/α,β-unsaturated/α-hetero) is 1. The number of nitrogens with one attached hydrogen (secondary N) is 2. The number of hydrogen-bond acceptors (Lipinski definition) is 5. The zero-order chi connectivity index (χ0) is 20.9. The molecule has 7 nitrogen and oxygen atoms in total. The van der Waals surface area contributed by atoms with Gasteiger partial charge < -0.3 is 9.51 Å². The van der Waals surface area contributed by atoms with E-state index in [0.717, 1.165) is 29.5 Å². The molecule has 0 saturated heterocycles. The van der Waals surface area contributed by atoms with E-state index in [2.05, 4.69) is 14.9 Å². The van der Waals surface area contributed by atoms with E-state index < -0.39 is 10.0 Å². The van der Waals surface area contributed by atoms with Crippen molar-refractivity contribution >= 4 is 32.4 Å². The molecule has 0 unspecified atom stereocenters. The quantitative estimate of drug-likeness (QED) is 0.506. The number of hydrogen-bond donors (Lipinski definition) is 2. The Morgan fingerprint density at radius 2 is 2.00 bits per heavy atom. The molecule has 1 aliphatic rings. The lowest BCUT2D eigenvalue weighted by Gasteiger charge is -2.12. The Hall–Kier alpha value is -3.39. The summed E-state index contributed by atoms with van der Waals surface area (Å²) in [6.45, 7) is 1.74. The smallest absolute Gasteiger partial charge is 0.262 e. The van der Waals surface area contributed by atoms with Crippen LogP contribution in [0.2, 0.25) is 0 Å². The van der Waals surface area contributed by atoms with E-state index in [1.807, 2.05) is 6.07 Å². The van der Waals surface area contributed by atoms with Gasteiger partial charge in [0, 0.05) is 45.9 Å². The van der Waals surface area contributed by atoms with Gasteiger partial charge >= 0.3 is 0 Å². The minimum absolute atomic E-state index is 0.111. The van der Waals surface area contributed by atoms with Crippen LogP contribution in [0.3, 0.4) is 0 Å². The van der Waals surface area contributed by atoms with Gasteiger partial charge in [-0.2, -0.15) is 0 Å². The number of aromatic nitrogens is 2. The molecule has 152 valence electrons. The summed E-state index contributed by atoms with van der Waals surface area (Å²) in [7, 11) is -3.84. The van der Waals surface area contributed by atoms with Crippen LogP contribution >= 0.6 is 0 Å². The highest BCUT2D eigenvalue weighted by Gasteiger charge is 2.25. The third-order valence-corrected chi connectivity index (χ3v) is 6.93. The molecule has 30 heavy (non-hydrogen) atoms. The molecular weight excluding hydrogens is 402 g/mol. The third kappa shape index (κ3) is 3.09. The van der Waals surface area contributed by atoms with Crippen molar-refractivity contribution in [1.82, 2.24) is 10.1 Å². The van der Waals surface area contributed by atoms with Gasteiger partial charge in [-0.05, 0) is 49.6 Å². The van der Waals surface area contributed by atoms with Gasteiger partial charge in [-0.25, -0.2) is 8.42 Å². The highest BCUT2D eigenvalue weighted by molar-refractivity contribution is 7.92. The number of sulfonamides is 1. The van der Waals surface area contributed by atoms with Gasteiger partial charge in [-0.3, -0.25) is 9.52 Å². The molecule has 1 aliphatic carbocycles. The molecule has 2 N–H and O–H groups in total. The molecule has 0 atom stereocenters. The van der Waals surface area contributed by atoms with Crippen molar-refractivity contribution in [2.45, 2.75) is 31.1 Å². The highest BCUT2D eigenvalue weighted by atomic mass is 32.2. The molecule has 0 saturated carbocycles. The lowest BCUT2D eigenvalue weighted by Crippen LogP contribution is -2.14. The van der Waals surface area contributed by atoms with Gasteiger partial charge in [-0.15, -0.1) is 0 Å². The van der Waals surface area contributed by atoms with Crippen LogP contribution in [0.25, 0.3) is 22.2 Å². The molecule has 0 amide bonds. The van der Waals surface area contributed by atoms with E-state index in [0.29, 0.717) is 34.5 Å². The lowest BCUT2D eigenvalue weighted by molar-refractivity contribution is 0.0974. The fourth-order valence-electron chi connectivity index (χ4n) is 4.04. The van der Waals surface area contributed by atoms with Crippen molar-refractivity contribution in [2.75, 3.05) is 4.72 Å². The monoisotopic (exact) mass is 421 g/mol. The van der Waals surface area contributed by atoms with Crippen molar-refractivity contribution in [1.29, 1.82) is 0 Å². The Morgan fingerprint density at radius 3 is 2.80 bits per heavy atom. The van der Waals surface area contributed by atoms with Gasteiger partial charge in [0.05, 0.1) is 11.1 Å². The average molecular weight is 421 g/mol. The van der Waals surface area contributed by atoms with Crippen molar-refractivity contribution in [2.24, 2.45) is 0 Å². The van der Waals surface area contributed by atoms with Gasteiger partial charge in [-0.1, -0.05) is 17.3 Å². The lowest BCUT2D eigenvalue weighted by atomic mass is 9.94. The van der Waals surface area contributed by atoms with Crippen LogP contribution in [0.4, 0.5) is 5.69 Å². The summed E-state index contributed by atoms with van der Waals surface area (Å²) in [5.41, 5.74) is 3.98. The molecular formula is C22H19N3O4S. The number of aromatic amines is 1. The van der Waals surface area contributed by atoms with Crippen LogP contribution in [-0.2, 0) is 16.4 Å². The number of anilines is 1. The second-order valence-corrected chi connectivity index (χ2v) is 9.13. The van der Waals surface area contributed by atoms with Gasteiger partial charge in [0.2, 0.25) is 0 Å². The Morgan fingerprint density at radius 1 is 1.13 bits per heavy atom. The van der Waals surface area contributed by atoms with Crippen molar-refractivity contribution in [3.63, 3.8) is 0 Å². The topological polar surface area (TPSA) is 105 Å². The molecule has 2 aromatic carbocycles. The van der Waals surface area contributed by atoms with E-state index >= 15 is 0 Å². The Bertz CT molecular complexity index is 1390. The van der Waals surface area contributed by atoms with Crippen molar-refractivity contribution < 1.29 is 17.7 Å². The first-order valence-corrected chi connectivity index (χ1v) is 11.1. The van der Waals surface area contributed by atoms with Crippen molar-refractivity contribution in [3.8, 4) is 11.3 Å². The molecule has 4 aromatic rings. The first-order chi connectivity index (χ1) is 14.4. The molecule has 2 aromatic heterocycles. The summed E-state index contributed by atoms with van der Waals surface area (Å²) in [5, 5.41) is 4.47. The second kappa shape index (κ2) is 6.84. The standard InChI is InChI=1S/C22H19N3O4S/c1-13-10-16-18(24-17-6-3-7-19(26)22(16)17)12-21(13)30(27,28)25-15-5-2-4-14(11-15)20-8-9-23-29-20/h2,4-5,8-12,24-25H,3,6-7H2,1H3. The zero-order valence-electron chi connectivity index (χ0n) is 16.2. The zero-order valence-corrected chi connectivity index (χ0v) is 17.0. The molecule has 0 aliphatic heterocycles. The van der Waals surface area contributed by atoms with E-state index in [9.17, 15) is 13.2 Å². The molecule has 2 heterocycles. The maximum absolute atomic E-state index is 13.1. The maximum atomic E-state index is 13.1. The van der Waals surface area contributed by atoms with Crippen LogP contribution in [0, 0.1) is 6.92 Å². The number of carbonyl (C=O) groups is 1. The van der Waals surface area contributed by atoms with E-state index in [1.165, 1.54) is 6.20 Å². The highest BCUT2D eigenvalue weighted by Crippen LogP contribution is 2.33. The Kier molecular flexibility index (Phi) is 4.25. The normalized spacial score (nSPS) is 14.1. The predicted octanol–water partition coefficient (Wildman–Crippen LogP) is 4.45. The average Bonchev–Trinajstić information content (AvgIpc) is 3.35. The molecule has 0 radical (unpaired) electrons. The molecule has 8 heteroatoms. The second-order valence-electron chi connectivity index (χ2n) is 7.48. The molecule has 0 bridgehead atoms. The van der Waals surface area contributed by atoms with Gasteiger partial charge in [0.25, 0.3) is 10.0 Å². The van der Waals surface area contributed by atoms with E-state index in [-0.39, 0.29) is 10.7 Å². The number of carbonyl (C=O) groups excluding carboxylic acids is 1. The summed E-state index contributed by atoms with van der Waals surface area (Å²) in [5.74, 6) is 0.662. The number of H-pyrrole nitrogens is 1. The number of aryl methyl sites for hydroxylation is 2. The van der Waals surface area contributed by atoms with Crippen LogP contribution in [0.15, 0.2) is 58.1 Å². The van der Waals surface area contributed by atoms with Crippen LogP contribution in [0.1, 0.15) is 34.5 Å². The largest absolute Gasteiger partial charge is 0.358 e. The van der Waals surface area contributed by atoms with Crippen LogP contribution in [0.5, 0.6) is 0 Å². The van der Waals surface area contributed by atoms with Crippen LogP contribution in [-0.4, -0.2) is 24.3 Å². The predicted molar refractivity (Wildman–Crippen MR) is 113 cm³/mol. The first-order valence-electron chi connectivity index (χ1n) is 9.65. The summed E-state index contributed by atoms with van der Waals surface area (Å²) in [6.07, 6.45) is 3.67. The minimum Gasteiger partial charge on any atom is -0.358 e. The number of nitrogens with zero attached hydrogens (tertiary/aromatic N) is 1. The fraction of sp³-hybridized carbons (Fsp3) is 0.182. The third-order valence-electron chi connectivity index (χ3n) is 5.41. The van der Waals surface area contributed by atoms with Gasteiger partial charge in [0.15, 0.2) is 11.5 Å². The SMILES string of the molecule is Cc1cc2c3c([nH]c2cc1S(=O)(=O)Nc1cccc(-c2ccno2)c1)CCCC3=O. The van der Waals surface area contributed by atoms with E-state index in [4.69, 9.17) is 4.52 Å². The summed E-state index contributed by atoms with van der Waals surface area (Å²) < 4.78 is 34.1. The fourth-order valence-corrected chi connectivity index (χ4v) is 5.35. The maximum Gasteiger partial charge on any atom is 0.262 e. The molecule has 0 spiro atoms. The summed E-state index contributed by atoms with van der Waals surface area (Å²) in [4.78, 5) is 15.8. The number of benzene rings is 2. The van der Waals surface area contributed by atoms with Gasteiger partial charge in [0.1, 0.15) is 0 Å². The number of fused-ring (bicyclic) bond motifs is 3.